The summed E-state index contributed by atoms with van der Waals surface area (Å²) in [6, 6.07) is 11.2. The molecule has 0 radical (unpaired) electrons. The van der Waals surface area contributed by atoms with Crippen LogP contribution in [0.1, 0.15) is 24.4 Å². The van der Waals surface area contributed by atoms with Crippen molar-refractivity contribution < 1.29 is 14.6 Å². The molecule has 3 aromatic rings. The summed E-state index contributed by atoms with van der Waals surface area (Å²) >= 11 is 0. The molecule has 4 rings (SSSR count). The number of rotatable bonds is 6. The summed E-state index contributed by atoms with van der Waals surface area (Å²) in [7, 11) is 1.57. The SMILES string of the molecule is COc1ccc([C@H](NC(=O)Cn2cnc3ccccc32)C2CC(O)C2)cn1. The molecule has 1 aromatic carbocycles. The quantitative estimate of drug-likeness (QED) is 0.697. The van der Waals surface area contributed by atoms with Crippen molar-refractivity contribution in [3.05, 3.63) is 54.5 Å². The zero-order valence-electron chi connectivity index (χ0n) is 15.1. The van der Waals surface area contributed by atoms with E-state index in [0.29, 0.717) is 18.7 Å². The topological polar surface area (TPSA) is 89.3 Å². The van der Waals surface area contributed by atoms with Crippen LogP contribution in [-0.4, -0.2) is 38.8 Å². The molecule has 1 fully saturated rings. The van der Waals surface area contributed by atoms with E-state index in [-0.39, 0.29) is 30.5 Å². The van der Waals surface area contributed by atoms with Crippen LogP contribution in [-0.2, 0) is 11.3 Å². The van der Waals surface area contributed by atoms with E-state index in [0.717, 1.165) is 16.6 Å². The fraction of sp³-hybridized carbons (Fsp3) is 0.350. The van der Waals surface area contributed by atoms with Gasteiger partial charge in [-0.05, 0) is 36.5 Å². The molecular weight excluding hydrogens is 344 g/mol. The van der Waals surface area contributed by atoms with E-state index in [2.05, 4.69) is 15.3 Å². The maximum absolute atomic E-state index is 12.7. The number of nitrogens with one attached hydrogen (secondary N) is 1. The summed E-state index contributed by atoms with van der Waals surface area (Å²) in [5.41, 5.74) is 2.70. The van der Waals surface area contributed by atoms with Gasteiger partial charge in [0.1, 0.15) is 6.54 Å². The van der Waals surface area contributed by atoms with Crippen LogP contribution in [0.5, 0.6) is 5.88 Å². The summed E-state index contributed by atoms with van der Waals surface area (Å²) in [6.45, 7) is 0.190. The normalized spacial score (nSPS) is 20.1. The number of methoxy groups -OCH3 is 1. The Morgan fingerprint density at radius 3 is 2.81 bits per heavy atom. The molecule has 2 N–H and O–H groups in total. The number of carbonyl (C=O) groups excluding carboxylic acids is 1. The van der Waals surface area contributed by atoms with E-state index in [4.69, 9.17) is 4.74 Å². The first-order valence-corrected chi connectivity index (χ1v) is 9.01. The van der Waals surface area contributed by atoms with Crippen LogP contribution in [0.4, 0.5) is 0 Å². The van der Waals surface area contributed by atoms with Gasteiger partial charge in [0.15, 0.2) is 0 Å². The van der Waals surface area contributed by atoms with Gasteiger partial charge in [-0.25, -0.2) is 9.97 Å². The third kappa shape index (κ3) is 3.64. The second-order valence-electron chi connectivity index (χ2n) is 6.93. The van der Waals surface area contributed by atoms with Crippen molar-refractivity contribution in [1.82, 2.24) is 19.9 Å². The molecule has 0 bridgehead atoms. The second kappa shape index (κ2) is 7.36. The molecule has 2 aromatic heterocycles. The van der Waals surface area contributed by atoms with Crippen LogP contribution >= 0.6 is 0 Å². The largest absolute Gasteiger partial charge is 0.481 e. The van der Waals surface area contributed by atoms with E-state index >= 15 is 0 Å². The molecule has 0 saturated heterocycles. The lowest BCUT2D eigenvalue weighted by atomic mass is 9.75. The van der Waals surface area contributed by atoms with E-state index in [9.17, 15) is 9.90 Å². The number of aliphatic hydroxyl groups is 1. The van der Waals surface area contributed by atoms with Crippen molar-refractivity contribution in [3.8, 4) is 5.88 Å². The van der Waals surface area contributed by atoms with Crippen molar-refractivity contribution >= 4 is 16.9 Å². The van der Waals surface area contributed by atoms with Crippen LogP contribution in [0.15, 0.2) is 48.9 Å². The predicted octanol–water partition coefficient (Wildman–Crippen LogP) is 2.07. The zero-order chi connectivity index (χ0) is 18.8. The number of fused-ring (bicyclic) bond motifs is 1. The second-order valence-corrected chi connectivity index (χ2v) is 6.93. The van der Waals surface area contributed by atoms with Gasteiger partial charge in [0.05, 0.1) is 36.6 Å². The van der Waals surface area contributed by atoms with Crippen molar-refractivity contribution in [3.63, 3.8) is 0 Å². The molecule has 7 nitrogen and oxygen atoms in total. The first-order valence-electron chi connectivity index (χ1n) is 9.01. The van der Waals surface area contributed by atoms with E-state index in [1.54, 1.807) is 25.7 Å². The summed E-state index contributed by atoms with van der Waals surface area (Å²) in [4.78, 5) is 21.3. The number of hydrogen-bond donors (Lipinski definition) is 2. The molecule has 1 aliphatic carbocycles. The van der Waals surface area contributed by atoms with Gasteiger partial charge in [-0.2, -0.15) is 0 Å². The molecule has 7 heteroatoms. The number of aromatic nitrogens is 3. The fourth-order valence-corrected chi connectivity index (χ4v) is 3.58. The van der Waals surface area contributed by atoms with Crippen LogP contribution in [0.2, 0.25) is 0 Å². The van der Waals surface area contributed by atoms with Gasteiger partial charge in [0.25, 0.3) is 0 Å². The van der Waals surface area contributed by atoms with Crippen molar-refractivity contribution in [2.45, 2.75) is 31.5 Å². The van der Waals surface area contributed by atoms with Crippen LogP contribution < -0.4 is 10.1 Å². The summed E-state index contributed by atoms with van der Waals surface area (Å²) in [5.74, 6) is 0.626. The Morgan fingerprint density at radius 2 is 2.11 bits per heavy atom. The van der Waals surface area contributed by atoms with Gasteiger partial charge in [-0.15, -0.1) is 0 Å². The standard InChI is InChI=1S/C20H22N4O3/c1-27-19-7-6-13(10-21-19)20(14-8-15(25)9-14)23-18(26)11-24-12-22-16-4-2-3-5-17(16)24/h2-7,10,12,14-15,20,25H,8-9,11H2,1H3,(H,23,26)/t14?,15?,20-/m0/s1. The Balaban J connectivity index is 1.51. The number of ether oxygens (including phenoxy) is 1. The summed E-state index contributed by atoms with van der Waals surface area (Å²) in [6.07, 6.45) is 4.46. The Labute approximate surface area is 157 Å². The Bertz CT molecular complexity index is 932. The van der Waals surface area contributed by atoms with Crippen molar-refractivity contribution in [2.24, 2.45) is 5.92 Å². The lowest BCUT2D eigenvalue weighted by Crippen LogP contribution is -2.42. The fourth-order valence-electron chi connectivity index (χ4n) is 3.58. The molecule has 1 amide bonds. The zero-order valence-corrected chi connectivity index (χ0v) is 15.1. The number of benzene rings is 1. The highest BCUT2D eigenvalue weighted by atomic mass is 16.5. The third-order valence-electron chi connectivity index (χ3n) is 5.11. The Kier molecular flexibility index (Phi) is 4.77. The molecular formula is C20H22N4O3. The minimum Gasteiger partial charge on any atom is -0.481 e. The number of amides is 1. The Hall–Kier alpha value is -2.93. The number of nitrogens with zero attached hydrogens (tertiary/aromatic N) is 3. The molecule has 1 aliphatic rings. The Morgan fingerprint density at radius 1 is 1.30 bits per heavy atom. The summed E-state index contributed by atoms with van der Waals surface area (Å²) < 4.78 is 6.95. The maximum atomic E-state index is 12.7. The van der Waals surface area contributed by atoms with E-state index in [1.807, 2.05) is 34.9 Å². The lowest BCUT2D eigenvalue weighted by Gasteiger charge is -2.38. The van der Waals surface area contributed by atoms with E-state index in [1.165, 1.54) is 0 Å². The highest BCUT2D eigenvalue weighted by Gasteiger charge is 2.35. The number of aliphatic hydroxyl groups excluding tert-OH is 1. The number of imidazole rings is 1. The van der Waals surface area contributed by atoms with Crippen molar-refractivity contribution in [2.75, 3.05) is 7.11 Å². The third-order valence-corrected chi connectivity index (χ3v) is 5.11. The number of hydrogen-bond acceptors (Lipinski definition) is 5. The average Bonchev–Trinajstić information content (AvgIpc) is 3.07. The van der Waals surface area contributed by atoms with Crippen molar-refractivity contribution in [1.29, 1.82) is 0 Å². The lowest BCUT2D eigenvalue weighted by molar-refractivity contribution is -0.123. The van der Waals surface area contributed by atoms with Gasteiger partial charge in [0, 0.05) is 12.3 Å². The van der Waals surface area contributed by atoms with Gasteiger partial charge in [0.2, 0.25) is 11.8 Å². The van der Waals surface area contributed by atoms with Crippen LogP contribution in [0.3, 0.4) is 0 Å². The number of carbonyl (C=O) groups is 1. The highest BCUT2D eigenvalue weighted by Crippen LogP contribution is 2.38. The van der Waals surface area contributed by atoms with Gasteiger partial charge >= 0.3 is 0 Å². The van der Waals surface area contributed by atoms with Gasteiger partial charge in [-0.3, -0.25) is 4.79 Å². The average molecular weight is 366 g/mol. The molecule has 27 heavy (non-hydrogen) atoms. The van der Waals surface area contributed by atoms with E-state index < -0.39 is 0 Å². The number of para-hydroxylation sites is 2. The highest BCUT2D eigenvalue weighted by molar-refractivity contribution is 5.80. The van der Waals surface area contributed by atoms with Gasteiger partial charge < -0.3 is 19.7 Å². The smallest absolute Gasteiger partial charge is 0.240 e. The molecule has 0 aliphatic heterocycles. The molecule has 0 spiro atoms. The molecule has 1 saturated carbocycles. The minimum atomic E-state index is -0.293. The van der Waals surface area contributed by atoms with Crippen LogP contribution in [0, 0.1) is 5.92 Å². The molecule has 2 heterocycles. The summed E-state index contributed by atoms with van der Waals surface area (Å²) in [5, 5.41) is 12.8. The number of pyridine rings is 1. The molecule has 140 valence electrons. The maximum Gasteiger partial charge on any atom is 0.240 e. The molecule has 0 unspecified atom stereocenters. The molecule has 1 atom stereocenters. The first-order chi connectivity index (χ1) is 13.1. The minimum absolute atomic E-state index is 0.0969. The first kappa shape index (κ1) is 17.5. The van der Waals surface area contributed by atoms with Gasteiger partial charge in [-0.1, -0.05) is 18.2 Å². The predicted molar refractivity (Wildman–Crippen MR) is 100 cm³/mol. The monoisotopic (exact) mass is 366 g/mol. The van der Waals surface area contributed by atoms with Crippen LogP contribution in [0.25, 0.3) is 11.0 Å².